The van der Waals surface area contributed by atoms with Crippen molar-refractivity contribution >= 4 is 25.8 Å². The molecule has 4 nitrogen and oxygen atoms in total. The van der Waals surface area contributed by atoms with Crippen molar-refractivity contribution in [2.24, 2.45) is 0 Å². The van der Waals surface area contributed by atoms with Crippen LogP contribution < -0.4 is 4.74 Å². The predicted octanol–water partition coefficient (Wildman–Crippen LogP) is 2.44. The molecular weight excluding hydrogens is 306 g/mol. The summed E-state index contributed by atoms with van der Waals surface area (Å²) in [5.74, 6) is 0.573. The standard InChI is InChI=1S/C11H16BrNO3S/c1-11(2,3)17(14,15)7-6-16-9-4-5-10(12)13-8-9/h4-5,8H,6-7H2,1-3H3. The average molecular weight is 322 g/mol. The molecule has 0 bridgehead atoms. The lowest BCUT2D eigenvalue weighted by Gasteiger charge is -2.19. The molecular formula is C11H16BrNO3S. The van der Waals surface area contributed by atoms with Crippen molar-refractivity contribution in [1.29, 1.82) is 0 Å². The number of rotatable bonds is 4. The summed E-state index contributed by atoms with van der Waals surface area (Å²) in [6, 6.07) is 3.48. The lowest BCUT2D eigenvalue weighted by molar-refractivity contribution is 0.338. The summed E-state index contributed by atoms with van der Waals surface area (Å²) in [5, 5.41) is 0. The van der Waals surface area contributed by atoms with E-state index in [1.54, 1.807) is 39.1 Å². The van der Waals surface area contributed by atoms with E-state index in [4.69, 9.17) is 4.74 Å². The van der Waals surface area contributed by atoms with Gasteiger partial charge in [0.05, 0.1) is 16.7 Å². The average Bonchev–Trinajstić information content (AvgIpc) is 2.19. The van der Waals surface area contributed by atoms with E-state index in [0.29, 0.717) is 10.4 Å². The summed E-state index contributed by atoms with van der Waals surface area (Å²) in [5.41, 5.74) is 0. The fourth-order valence-corrected chi connectivity index (χ4v) is 2.17. The first kappa shape index (κ1) is 14.4. The third kappa shape index (κ3) is 4.27. The number of pyridine rings is 1. The molecule has 0 fully saturated rings. The monoisotopic (exact) mass is 321 g/mol. The van der Waals surface area contributed by atoms with Gasteiger partial charge in [-0.3, -0.25) is 0 Å². The van der Waals surface area contributed by atoms with Gasteiger partial charge < -0.3 is 4.74 Å². The second-order valence-corrected chi connectivity index (χ2v) is 8.27. The largest absolute Gasteiger partial charge is 0.491 e. The van der Waals surface area contributed by atoms with Crippen LogP contribution in [-0.4, -0.2) is 30.5 Å². The summed E-state index contributed by atoms with van der Waals surface area (Å²) in [7, 11) is -3.13. The Kier molecular flexibility index (Phi) is 4.55. The van der Waals surface area contributed by atoms with E-state index in [0.717, 1.165) is 0 Å². The fourth-order valence-electron chi connectivity index (χ4n) is 1.02. The molecule has 0 aliphatic carbocycles. The van der Waals surface area contributed by atoms with Gasteiger partial charge in [-0.15, -0.1) is 0 Å². The SMILES string of the molecule is CC(C)(C)S(=O)(=O)CCOc1ccc(Br)nc1. The zero-order valence-corrected chi connectivity index (χ0v) is 12.5. The van der Waals surface area contributed by atoms with Gasteiger partial charge in [-0.25, -0.2) is 13.4 Å². The normalized spacial score (nSPS) is 12.5. The summed E-state index contributed by atoms with van der Waals surface area (Å²) in [6.07, 6.45) is 1.55. The van der Waals surface area contributed by atoms with Crippen molar-refractivity contribution in [1.82, 2.24) is 4.98 Å². The minimum absolute atomic E-state index is 0.00651. The van der Waals surface area contributed by atoms with Crippen LogP contribution in [0.15, 0.2) is 22.9 Å². The van der Waals surface area contributed by atoms with Crippen LogP contribution in [0, 0.1) is 0 Å². The first-order valence-corrected chi connectivity index (χ1v) is 7.63. The van der Waals surface area contributed by atoms with Gasteiger partial charge in [-0.05, 0) is 48.8 Å². The molecule has 96 valence electrons. The van der Waals surface area contributed by atoms with Gasteiger partial charge in [-0.1, -0.05) is 0 Å². The van der Waals surface area contributed by atoms with Crippen LogP contribution >= 0.6 is 15.9 Å². The van der Waals surface area contributed by atoms with Gasteiger partial charge in [0.15, 0.2) is 9.84 Å². The molecule has 0 saturated carbocycles. The fraction of sp³-hybridized carbons (Fsp3) is 0.545. The highest BCUT2D eigenvalue weighted by Gasteiger charge is 2.28. The number of halogens is 1. The van der Waals surface area contributed by atoms with E-state index in [2.05, 4.69) is 20.9 Å². The molecule has 0 aliphatic rings. The molecule has 0 radical (unpaired) electrons. The van der Waals surface area contributed by atoms with E-state index >= 15 is 0 Å². The maximum Gasteiger partial charge on any atom is 0.158 e. The Morgan fingerprint density at radius 3 is 2.47 bits per heavy atom. The Hall–Kier alpha value is -0.620. The lowest BCUT2D eigenvalue weighted by atomic mass is 10.3. The number of sulfone groups is 1. The van der Waals surface area contributed by atoms with Gasteiger partial charge in [-0.2, -0.15) is 0 Å². The molecule has 1 heterocycles. The topological polar surface area (TPSA) is 56.3 Å². The van der Waals surface area contributed by atoms with Crippen LogP contribution in [0.2, 0.25) is 0 Å². The molecule has 0 N–H and O–H groups in total. The van der Waals surface area contributed by atoms with E-state index < -0.39 is 14.6 Å². The maximum absolute atomic E-state index is 11.8. The molecule has 0 aliphatic heterocycles. The van der Waals surface area contributed by atoms with Crippen LogP contribution in [0.5, 0.6) is 5.75 Å². The third-order valence-corrected chi connectivity index (χ3v) is 5.29. The van der Waals surface area contributed by atoms with Crippen LogP contribution in [0.1, 0.15) is 20.8 Å². The first-order chi connectivity index (χ1) is 7.72. The number of ether oxygens (including phenoxy) is 1. The van der Waals surface area contributed by atoms with Gasteiger partial charge in [0.1, 0.15) is 17.0 Å². The zero-order valence-electron chi connectivity index (χ0n) is 10.1. The Labute approximate surface area is 110 Å². The van der Waals surface area contributed by atoms with Gasteiger partial charge in [0.2, 0.25) is 0 Å². The van der Waals surface area contributed by atoms with Crippen molar-refractivity contribution in [3.63, 3.8) is 0 Å². The van der Waals surface area contributed by atoms with Gasteiger partial charge in [0.25, 0.3) is 0 Å². The Balaban J connectivity index is 2.52. The number of hydrogen-bond donors (Lipinski definition) is 0. The summed E-state index contributed by atoms with van der Waals surface area (Å²) in [4.78, 5) is 3.99. The summed E-state index contributed by atoms with van der Waals surface area (Å²) >= 11 is 3.21. The Morgan fingerprint density at radius 1 is 1.35 bits per heavy atom. The van der Waals surface area contributed by atoms with E-state index in [1.165, 1.54) is 0 Å². The molecule has 0 unspecified atom stereocenters. The number of aromatic nitrogens is 1. The molecule has 0 atom stereocenters. The van der Waals surface area contributed by atoms with Crippen molar-refractivity contribution in [2.75, 3.05) is 12.4 Å². The van der Waals surface area contributed by atoms with Crippen molar-refractivity contribution in [2.45, 2.75) is 25.5 Å². The molecule has 1 rings (SSSR count). The van der Waals surface area contributed by atoms with E-state index in [9.17, 15) is 8.42 Å². The molecule has 0 spiro atoms. The molecule has 17 heavy (non-hydrogen) atoms. The van der Waals surface area contributed by atoms with Crippen molar-refractivity contribution in [3.05, 3.63) is 22.9 Å². The first-order valence-electron chi connectivity index (χ1n) is 5.19. The molecule has 0 saturated heterocycles. The maximum atomic E-state index is 11.8. The highest BCUT2D eigenvalue weighted by molar-refractivity contribution is 9.10. The highest BCUT2D eigenvalue weighted by atomic mass is 79.9. The van der Waals surface area contributed by atoms with Crippen LogP contribution in [0.25, 0.3) is 0 Å². The van der Waals surface area contributed by atoms with E-state index in [1.807, 2.05) is 0 Å². The smallest absolute Gasteiger partial charge is 0.158 e. The molecule has 1 aromatic rings. The molecule has 1 aromatic heterocycles. The Bertz CT molecular complexity index is 462. The van der Waals surface area contributed by atoms with Crippen LogP contribution in [-0.2, 0) is 9.84 Å². The third-order valence-electron chi connectivity index (χ3n) is 2.25. The van der Waals surface area contributed by atoms with Gasteiger partial charge >= 0.3 is 0 Å². The molecule has 6 heteroatoms. The Morgan fingerprint density at radius 2 is 2.00 bits per heavy atom. The number of hydrogen-bond acceptors (Lipinski definition) is 4. The second kappa shape index (κ2) is 5.35. The minimum atomic E-state index is -3.13. The van der Waals surface area contributed by atoms with Gasteiger partial charge in [0, 0.05) is 0 Å². The highest BCUT2D eigenvalue weighted by Crippen LogP contribution is 2.17. The van der Waals surface area contributed by atoms with Crippen LogP contribution in [0.4, 0.5) is 0 Å². The molecule has 0 amide bonds. The number of nitrogens with zero attached hydrogens (tertiary/aromatic N) is 1. The van der Waals surface area contributed by atoms with E-state index in [-0.39, 0.29) is 12.4 Å². The molecule has 0 aromatic carbocycles. The zero-order chi connectivity index (χ0) is 13.1. The summed E-state index contributed by atoms with van der Waals surface area (Å²) in [6.45, 7) is 5.19. The summed E-state index contributed by atoms with van der Waals surface area (Å²) < 4.78 is 28.9. The van der Waals surface area contributed by atoms with Crippen molar-refractivity contribution in [3.8, 4) is 5.75 Å². The second-order valence-electron chi connectivity index (χ2n) is 4.60. The van der Waals surface area contributed by atoms with Crippen molar-refractivity contribution < 1.29 is 13.2 Å². The predicted molar refractivity (Wildman–Crippen MR) is 71.0 cm³/mol. The quantitative estimate of drug-likeness (QED) is 0.799. The minimum Gasteiger partial charge on any atom is -0.491 e. The lowest BCUT2D eigenvalue weighted by Crippen LogP contribution is -2.32. The van der Waals surface area contributed by atoms with Crippen LogP contribution in [0.3, 0.4) is 0 Å².